The van der Waals surface area contributed by atoms with Crippen molar-refractivity contribution in [3.8, 4) is 28.1 Å². The molecular formula is C28H30N8O. The molecule has 0 atom stereocenters. The Morgan fingerprint density at radius 3 is 2.62 bits per heavy atom. The van der Waals surface area contributed by atoms with E-state index < -0.39 is 0 Å². The minimum atomic E-state index is 0.179. The molecule has 2 aliphatic rings. The van der Waals surface area contributed by atoms with Gasteiger partial charge in [0.1, 0.15) is 18.1 Å². The number of hydrogen-bond donors (Lipinski definition) is 1. The molecule has 6 heterocycles. The van der Waals surface area contributed by atoms with Crippen LogP contribution in [0.5, 0.6) is 5.88 Å². The highest BCUT2D eigenvalue weighted by molar-refractivity contribution is 5.98. The normalized spacial score (nSPS) is 17.5. The lowest BCUT2D eigenvalue weighted by molar-refractivity contribution is 0.111. The molecule has 9 nitrogen and oxygen atoms in total. The quantitative estimate of drug-likeness (QED) is 0.405. The highest BCUT2D eigenvalue weighted by atomic mass is 16.5. The summed E-state index contributed by atoms with van der Waals surface area (Å²) < 4.78 is 8.51. The Bertz CT molecular complexity index is 1600. The van der Waals surface area contributed by atoms with Crippen LogP contribution in [-0.2, 0) is 13.1 Å². The number of rotatable bonds is 4. The van der Waals surface area contributed by atoms with Crippen LogP contribution in [0.1, 0.15) is 18.5 Å². The second-order valence-electron chi connectivity index (χ2n) is 10.3. The molecular weight excluding hydrogens is 464 g/mol. The van der Waals surface area contributed by atoms with Gasteiger partial charge in [0.05, 0.1) is 29.3 Å². The Morgan fingerprint density at radius 2 is 1.73 bits per heavy atom. The van der Waals surface area contributed by atoms with Crippen LogP contribution in [0.25, 0.3) is 44.2 Å². The number of likely N-dealkylation sites (tertiary alicyclic amines) is 1. The van der Waals surface area contributed by atoms with Crippen molar-refractivity contribution in [1.29, 1.82) is 0 Å². The van der Waals surface area contributed by atoms with Gasteiger partial charge in [-0.1, -0.05) is 6.07 Å². The van der Waals surface area contributed by atoms with Crippen LogP contribution in [0.15, 0.2) is 49.2 Å². The second-order valence-corrected chi connectivity index (χ2v) is 10.3. The van der Waals surface area contributed by atoms with E-state index in [1.807, 2.05) is 24.7 Å². The van der Waals surface area contributed by atoms with Crippen molar-refractivity contribution in [1.82, 2.24) is 39.5 Å². The molecule has 188 valence electrons. The molecule has 1 fully saturated rings. The zero-order chi connectivity index (χ0) is 24.9. The second kappa shape index (κ2) is 8.93. The van der Waals surface area contributed by atoms with E-state index in [-0.39, 0.29) is 6.10 Å². The smallest absolute Gasteiger partial charge is 0.224 e. The van der Waals surface area contributed by atoms with Crippen molar-refractivity contribution in [3.05, 3.63) is 54.9 Å². The number of fused-ring (bicyclic) bond motifs is 3. The number of hydrogen-bond acceptors (Lipinski definition) is 7. The van der Waals surface area contributed by atoms with E-state index in [0.717, 1.165) is 89.8 Å². The van der Waals surface area contributed by atoms with Crippen molar-refractivity contribution in [2.24, 2.45) is 0 Å². The molecule has 1 aromatic carbocycles. The molecule has 5 aromatic rings. The number of nitrogens with zero attached hydrogens (tertiary/aromatic N) is 7. The lowest BCUT2D eigenvalue weighted by atomic mass is 10.0. The first kappa shape index (κ1) is 22.4. The first-order valence-corrected chi connectivity index (χ1v) is 12.9. The van der Waals surface area contributed by atoms with Crippen molar-refractivity contribution in [2.75, 3.05) is 33.7 Å². The monoisotopic (exact) mass is 494 g/mol. The fourth-order valence-corrected chi connectivity index (χ4v) is 5.56. The highest BCUT2D eigenvalue weighted by Crippen LogP contribution is 2.35. The average molecular weight is 495 g/mol. The molecule has 1 N–H and O–H groups in total. The maximum absolute atomic E-state index is 6.40. The minimum Gasteiger partial charge on any atom is -0.474 e. The number of aromatic nitrogens is 6. The Labute approximate surface area is 215 Å². The predicted molar refractivity (Wildman–Crippen MR) is 143 cm³/mol. The number of benzene rings is 1. The number of nitrogens with one attached hydrogen (secondary N) is 1. The Kier molecular flexibility index (Phi) is 5.40. The van der Waals surface area contributed by atoms with Gasteiger partial charge in [-0.3, -0.25) is 9.58 Å². The van der Waals surface area contributed by atoms with Crippen LogP contribution < -0.4 is 4.74 Å². The molecule has 4 aromatic heterocycles. The molecule has 0 radical (unpaired) electrons. The summed E-state index contributed by atoms with van der Waals surface area (Å²) in [7, 11) is 4.31. The molecule has 0 spiro atoms. The van der Waals surface area contributed by atoms with Gasteiger partial charge < -0.3 is 14.6 Å². The third-order valence-corrected chi connectivity index (χ3v) is 7.76. The van der Waals surface area contributed by atoms with Crippen LogP contribution in [0, 0.1) is 0 Å². The molecule has 0 saturated carbocycles. The third kappa shape index (κ3) is 4.04. The van der Waals surface area contributed by atoms with E-state index >= 15 is 0 Å². The number of aromatic amines is 1. The summed E-state index contributed by atoms with van der Waals surface area (Å²) >= 11 is 0. The lowest BCUT2D eigenvalue weighted by Crippen LogP contribution is -2.35. The van der Waals surface area contributed by atoms with Gasteiger partial charge in [-0.25, -0.2) is 15.0 Å². The molecule has 7 rings (SSSR count). The third-order valence-electron chi connectivity index (χ3n) is 7.76. The average Bonchev–Trinajstić information content (AvgIpc) is 3.53. The van der Waals surface area contributed by atoms with Crippen LogP contribution in [-0.4, -0.2) is 79.3 Å². The van der Waals surface area contributed by atoms with Gasteiger partial charge in [0, 0.05) is 60.6 Å². The fraction of sp³-hybridized carbons (Fsp3) is 0.357. The topological polar surface area (TPSA) is 88.0 Å². The zero-order valence-corrected chi connectivity index (χ0v) is 21.2. The Balaban J connectivity index is 1.27. The fourth-order valence-electron chi connectivity index (χ4n) is 5.56. The summed E-state index contributed by atoms with van der Waals surface area (Å²) in [6.07, 6.45) is 9.74. The number of pyridine rings is 1. The summed E-state index contributed by atoms with van der Waals surface area (Å²) in [5.41, 5.74) is 7.40. The van der Waals surface area contributed by atoms with E-state index in [4.69, 9.17) is 9.72 Å². The lowest BCUT2D eigenvalue weighted by Gasteiger charge is -2.29. The molecule has 0 unspecified atom stereocenters. The number of H-pyrrole nitrogens is 1. The van der Waals surface area contributed by atoms with Crippen LogP contribution in [0.3, 0.4) is 0 Å². The molecule has 0 aliphatic carbocycles. The summed E-state index contributed by atoms with van der Waals surface area (Å²) in [4.78, 5) is 21.8. The maximum Gasteiger partial charge on any atom is 0.224 e. The van der Waals surface area contributed by atoms with Gasteiger partial charge in [-0.2, -0.15) is 5.10 Å². The molecule has 37 heavy (non-hydrogen) atoms. The van der Waals surface area contributed by atoms with E-state index in [0.29, 0.717) is 5.88 Å². The van der Waals surface area contributed by atoms with E-state index in [1.165, 1.54) is 5.69 Å². The Morgan fingerprint density at radius 1 is 0.865 bits per heavy atom. The van der Waals surface area contributed by atoms with Crippen LogP contribution in [0.4, 0.5) is 0 Å². The maximum atomic E-state index is 6.40. The van der Waals surface area contributed by atoms with Crippen LogP contribution >= 0.6 is 0 Å². The number of ether oxygens (including phenoxy) is 1. The van der Waals surface area contributed by atoms with E-state index in [2.05, 4.69) is 66.8 Å². The first-order valence-electron chi connectivity index (χ1n) is 12.9. The molecule has 2 aliphatic heterocycles. The van der Waals surface area contributed by atoms with Gasteiger partial charge in [-0.05, 0) is 50.7 Å². The standard InChI is InChI=1S/C28H30N8O/c1-34-7-5-20(6-8-34)37-28-22-11-18(3-4-25(22)31-17-32-28)23-14-30-27-21(23)12-19(13-29-27)24-15-33-36-10-9-35(2)16-26(24)36/h3-4,11-15,17,20H,5-10,16H2,1-2H3,(H,29,30). The van der Waals surface area contributed by atoms with E-state index in [9.17, 15) is 0 Å². The van der Waals surface area contributed by atoms with Gasteiger partial charge in [0.25, 0.3) is 0 Å². The van der Waals surface area contributed by atoms with Crippen molar-refractivity contribution in [3.63, 3.8) is 0 Å². The van der Waals surface area contributed by atoms with E-state index in [1.54, 1.807) is 6.33 Å². The van der Waals surface area contributed by atoms with Gasteiger partial charge in [0.15, 0.2) is 0 Å². The number of likely N-dealkylation sites (N-methyl/N-ethyl adjacent to an activating group) is 1. The SMILES string of the molecule is CN1CCC(Oc2ncnc3ccc(-c4c[nH]c5ncc(-c6cnn7c6CN(C)CC7)cc45)cc23)CC1. The summed E-state index contributed by atoms with van der Waals surface area (Å²) in [6.45, 7) is 4.90. The van der Waals surface area contributed by atoms with Gasteiger partial charge >= 0.3 is 0 Å². The summed E-state index contributed by atoms with van der Waals surface area (Å²) in [5.74, 6) is 0.663. The zero-order valence-electron chi connectivity index (χ0n) is 21.2. The highest BCUT2D eigenvalue weighted by Gasteiger charge is 2.22. The molecule has 9 heteroatoms. The first-order chi connectivity index (χ1) is 18.1. The number of piperidine rings is 1. The Hall–Kier alpha value is -3.82. The summed E-state index contributed by atoms with van der Waals surface area (Å²) in [5, 5.41) is 6.65. The van der Waals surface area contributed by atoms with Crippen molar-refractivity contribution in [2.45, 2.75) is 32.0 Å². The largest absolute Gasteiger partial charge is 0.474 e. The van der Waals surface area contributed by atoms with Gasteiger partial charge in [0.2, 0.25) is 5.88 Å². The van der Waals surface area contributed by atoms with Crippen LogP contribution in [0.2, 0.25) is 0 Å². The predicted octanol–water partition coefficient (Wildman–Crippen LogP) is 3.96. The molecule has 0 bridgehead atoms. The molecule has 0 amide bonds. The summed E-state index contributed by atoms with van der Waals surface area (Å²) in [6, 6.07) is 8.53. The van der Waals surface area contributed by atoms with Crippen molar-refractivity contribution >= 4 is 21.9 Å². The molecule has 1 saturated heterocycles. The van der Waals surface area contributed by atoms with Gasteiger partial charge in [-0.15, -0.1) is 0 Å². The minimum absolute atomic E-state index is 0.179. The van der Waals surface area contributed by atoms with Crippen molar-refractivity contribution < 1.29 is 4.74 Å².